The molecule has 0 radical (unpaired) electrons. The Balaban J connectivity index is 2.32. The molecule has 0 amide bonds. The molecule has 1 N–H and O–H groups in total. The van der Waals surface area contributed by atoms with Crippen LogP contribution in [0.5, 0.6) is 5.75 Å². The summed E-state index contributed by atoms with van der Waals surface area (Å²) in [5.74, 6) is 0.474. The van der Waals surface area contributed by atoms with E-state index in [2.05, 4.69) is 6.92 Å². The monoisotopic (exact) mass is 269 g/mol. The van der Waals surface area contributed by atoms with Gasteiger partial charge >= 0.3 is 0 Å². The van der Waals surface area contributed by atoms with Gasteiger partial charge in [-0.1, -0.05) is 6.92 Å². The molecule has 1 aromatic carbocycles. The zero-order valence-electron chi connectivity index (χ0n) is 10.7. The van der Waals surface area contributed by atoms with Crippen molar-refractivity contribution in [2.24, 2.45) is 5.92 Å². The molecule has 0 aliphatic carbocycles. The van der Waals surface area contributed by atoms with E-state index in [0.29, 0.717) is 12.5 Å². The number of sulfonamides is 1. The van der Waals surface area contributed by atoms with Crippen LogP contribution in [0.25, 0.3) is 0 Å². The topological polar surface area (TPSA) is 57.6 Å². The van der Waals surface area contributed by atoms with Crippen LogP contribution in [-0.4, -0.2) is 30.4 Å². The number of hydrogen-bond donors (Lipinski definition) is 1. The Hall–Kier alpha value is -1.07. The summed E-state index contributed by atoms with van der Waals surface area (Å²) < 4.78 is 26.6. The lowest BCUT2D eigenvalue weighted by Crippen LogP contribution is -2.44. The molecule has 0 saturated carbocycles. The molecule has 0 unspecified atom stereocenters. The standard InChI is InChI=1S/C13H19NO3S/c1-10-3-4-11(2)14(9-10)18(16,17)13-7-5-12(15)6-8-13/h5-8,10-11,15H,3-4,9H2,1-2H3/t10-,11-/m1/s1. The van der Waals surface area contributed by atoms with Gasteiger partial charge in [-0.05, 0) is 49.9 Å². The fraction of sp³-hybridized carbons (Fsp3) is 0.538. The lowest BCUT2D eigenvalue weighted by molar-refractivity contribution is 0.218. The smallest absolute Gasteiger partial charge is 0.243 e. The van der Waals surface area contributed by atoms with Crippen LogP contribution in [0.2, 0.25) is 0 Å². The van der Waals surface area contributed by atoms with Crippen molar-refractivity contribution in [3.05, 3.63) is 24.3 Å². The predicted molar refractivity (Wildman–Crippen MR) is 69.9 cm³/mol. The first-order chi connectivity index (χ1) is 8.41. The summed E-state index contributed by atoms with van der Waals surface area (Å²) in [4.78, 5) is 0.251. The second-order valence-corrected chi connectivity index (χ2v) is 6.99. The van der Waals surface area contributed by atoms with E-state index >= 15 is 0 Å². The highest BCUT2D eigenvalue weighted by Crippen LogP contribution is 2.28. The van der Waals surface area contributed by atoms with Gasteiger partial charge < -0.3 is 5.11 Å². The molecule has 4 nitrogen and oxygen atoms in total. The first-order valence-electron chi connectivity index (χ1n) is 6.22. The van der Waals surface area contributed by atoms with Crippen LogP contribution in [0.4, 0.5) is 0 Å². The van der Waals surface area contributed by atoms with Gasteiger partial charge in [0.1, 0.15) is 5.75 Å². The molecule has 2 atom stereocenters. The maximum Gasteiger partial charge on any atom is 0.243 e. The van der Waals surface area contributed by atoms with Gasteiger partial charge in [0.05, 0.1) is 4.90 Å². The van der Waals surface area contributed by atoms with Gasteiger partial charge in [0.25, 0.3) is 0 Å². The lowest BCUT2D eigenvalue weighted by atomic mass is 9.97. The van der Waals surface area contributed by atoms with Crippen LogP contribution in [0, 0.1) is 5.92 Å². The molecule has 2 rings (SSSR count). The highest BCUT2D eigenvalue weighted by Gasteiger charge is 2.33. The first kappa shape index (κ1) is 13.4. The number of piperidine rings is 1. The molecular weight excluding hydrogens is 250 g/mol. The minimum Gasteiger partial charge on any atom is -0.508 e. The van der Waals surface area contributed by atoms with E-state index in [1.54, 1.807) is 4.31 Å². The molecule has 1 aliphatic heterocycles. The zero-order chi connectivity index (χ0) is 13.3. The first-order valence-corrected chi connectivity index (χ1v) is 7.66. The minimum atomic E-state index is -3.44. The number of aromatic hydroxyl groups is 1. The summed E-state index contributed by atoms with van der Waals surface area (Å²) in [6.07, 6.45) is 1.97. The molecular formula is C13H19NO3S. The summed E-state index contributed by atoms with van der Waals surface area (Å²) in [6.45, 7) is 4.60. The van der Waals surface area contributed by atoms with Gasteiger partial charge in [-0.25, -0.2) is 8.42 Å². The van der Waals surface area contributed by atoms with E-state index in [0.717, 1.165) is 12.8 Å². The SMILES string of the molecule is C[C@@H]1CC[C@@H](C)N(S(=O)(=O)c2ccc(O)cc2)C1. The van der Waals surface area contributed by atoms with Crippen molar-refractivity contribution in [3.8, 4) is 5.75 Å². The average molecular weight is 269 g/mol. The summed E-state index contributed by atoms with van der Waals surface area (Å²) >= 11 is 0. The van der Waals surface area contributed by atoms with Crippen molar-refractivity contribution in [2.75, 3.05) is 6.54 Å². The average Bonchev–Trinajstić information content (AvgIpc) is 2.32. The Morgan fingerprint density at radius 3 is 2.39 bits per heavy atom. The Morgan fingerprint density at radius 1 is 1.17 bits per heavy atom. The molecule has 1 heterocycles. The molecule has 0 spiro atoms. The number of benzene rings is 1. The Kier molecular flexibility index (Phi) is 3.64. The zero-order valence-corrected chi connectivity index (χ0v) is 11.5. The number of rotatable bonds is 2. The van der Waals surface area contributed by atoms with E-state index in [-0.39, 0.29) is 16.7 Å². The number of phenolic OH excluding ortho intramolecular Hbond substituents is 1. The van der Waals surface area contributed by atoms with Crippen LogP contribution in [0.1, 0.15) is 26.7 Å². The second-order valence-electron chi connectivity index (χ2n) is 5.10. The van der Waals surface area contributed by atoms with Gasteiger partial charge in [-0.15, -0.1) is 0 Å². The Bertz CT molecular complexity index is 510. The quantitative estimate of drug-likeness (QED) is 0.895. The Labute approximate surface area is 108 Å². The summed E-state index contributed by atoms with van der Waals surface area (Å²) in [5.41, 5.74) is 0. The predicted octanol–water partition coefficient (Wildman–Crippen LogP) is 2.20. The van der Waals surface area contributed by atoms with Crippen LogP contribution in [-0.2, 0) is 10.0 Å². The third kappa shape index (κ3) is 2.52. The fourth-order valence-electron chi connectivity index (χ4n) is 2.34. The molecule has 1 saturated heterocycles. The molecule has 1 fully saturated rings. The van der Waals surface area contributed by atoms with Crippen molar-refractivity contribution in [1.82, 2.24) is 4.31 Å². The molecule has 0 aromatic heterocycles. The van der Waals surface area contributed by atoms with E-state index in [1.165, 1.54) is 24.3 Å². The van der Waals surface area contributed by atoms with Crippen molar-refractivity contribution < 1.29 is 13.5 Å². The minimum absolute atomic E-state index is 0.0417. The molecule has 18 heavy (non-hydrogen) atoms. The highest BCUT2D eigenvalue weighted by molar-refractivity contribution is 7.89. The van der Waals surface area contributed by atoms with E-state index in [4.69, 9.17) is 0 Å². The van der Waals surface area contributed by atoms with Crippen LogP contribution in [0.3, 0.4) is 0 Å². The van der Waals surface area contributed by atoms with Crippen molar-refractivity contribution >= 4 is 10.0 Å². The highest BCUT2D eigenvalue weighted by atomic mass is 32.2. The van der Waals surface area contributed by atoms with E-state index in [9.17, 15) is 13.5 Å². The summed E-state index contributed by atoms with van der Waals surface area (Å²) in [5, 5.41) is 9.22. The number of nitrogens with zero attached hydrogens (tertiary/aromatic N) is 1. The largest absolute Gasteiger partial charge is 0.508 e. The fourth-order valence-corrected chi connectivity index (χ4v) is 4.12. The van der Waals surface area contributed by atoms with Gasteiger partial charge in [0, 0.05) is 12.6 Å². The van der Waals surface area contributed by atoms with Gasteiger partial charge in [0.15, 0.2) is 0 Å². The Morgan fingerprint density at radius 2 is 1.78 bits per heavy atom. The van der Waals surface area contributed by atoms with Gasteiger partial charge in [-0.2, -0.15) is 4.31 Å². The lowest BCUT2D eigenvalue weighted by Gasteiger charge is -2.35. The summed E-state index contributed by atoms with van der Waals surface area (Å²) in [7, 11) is -3.44. The molecule has 100 valence electrons. The third-order valence-corrected chi connectivity index (χ3v) is 5.50. The normalized spacial score (nSPS) is 26.1. The van der Waals surface area contributed by atoms with Crippen molar-refractivity contribution in [2.45, 2.75) is 37.6 Å². The molecule has 0 bridgehead atoms. The summed E-state index contributed by atoms with van der Waals surface area (Å²) in [6, 6.07) is 5.77. The van der Waals surface area contributed by atoms with Crippen LogP contribution < -0.4 is 0 Å². The van der Waals surface area contributed by atoms with E-state index in [1.807, 2.05) is 6.92 Å². The maximum atomic E-state index is 12.5. The maximum absolute atomic E-state index is 12.5. The number of phenols is 1. The molecule has 1 aromatic rings. The van der Waals surface area contributed by atoms with E-state index < -0.39 is 10.0 Å². The second kappa shape index (κ2) is 4.90. The van der Waals surface area contributed by atoms with Crippen molar-refractivity contribution in [3.63, 3.8) is 0 Å². The molecule has 1 aliphatic rings. The van der Waals surface area contributed by atoms with Gasteiger partial charge in [0.2, 0.25) is 10.0 Å². The van der Waals surface area contributed by atoms with Gasteiger partial charge in [-0.3, -0.25) is 0 Å². The number of hydrogen-bond acceptors (Lipinski definition) is 3. The van der Waals surface area contributed by atoms with Crippen molar-refractivity contribution in [1.29, 1.82) is 0 Å². The third-order valence-electron chi connectivity index (χ3n) is 3.50. The van der Waals surface area contributed by atoms with Crippen LogP contribution >= 0.6 is 0 Å². The van der Waals surface area contributed by atoms with Crippen LogP contribution in [0.15, 0.2) is 29.2 Å². The molecule has 5 heteroatoms.